The lowest BCUT2D eigenvalue weighted by Gasteiger charge is -2.17. The van der Waals surface area contributed by atoms with E-state index in [1.54, 1.807) is 6.92 Å². The van der Waals surface area contributed by atoms with Crippen molar-refractivity contribution >= 4 is 11.8 Å². The fraction of sp³-hybridized carbons (Fsp3) is 0.385. The molecule has 2 rings (SSSR count). The maximum absolute atomic E-state index is 13.5. The van der Waals surface area contributed by atoms with Gasteiger partial charge in [0.15, 0.2) is 0 Å². The normalized spacial score (nSPS) is 19.9. The van der Waals surface area contributed by atoms with Crippen molar-refractivity contribution in [2.45, 2.75) is 19.4 Å². The first-order chi connectivity index (χ1) is 8.97. The zero-order valence-electron chi connectivity index (χ0n) is 10.4. The quantitative estimate of drug-likeness (QED) is 0.867. The third-order valence-corrected chi connectivity index (χ3v) is 3.13. The number of halogens is 2. The molecule has 1 heterocycles. The summed E-state index contributed by atoms with van der Waals surface area (Å²) in [6, 6.07) is 2.44. The molecule has 1 aromatic carbocycles. The van der Waals surface area contributed by atoms with Crippen molar-refractivity contribution in [1.82, 2.24) is 10.6 Å². The van der Waals surface area contributed by atoms with Crippen molar-refractivity contribution in [3.63, 3.8) is 0 Å². The van der Waals surface area contributed by atoms with Crippen LogP contribution < -0.4 is 10.6 Å². The summed E-state index contributed by atoms with van der Waals surface area (Å²) in [5.41, 5.74) is 0.0885. The van der Waals surface area contributed by atoms with Crippen LogP contribution >= 0.6 is 0 Å². The number of nitrogens with one attached hydrogen (secondary N) is 2. The molecule has 1 aliphatic rings. The second kappa shape index (κ2) is 5.34. The molecule has 0 bridgehead atoms. The highest BCUT2D eigenvalue weighted by Gasteiger charge is 2.29. The minimum atomic E-state index is -0.654. The van der Waals surface area contributed by atoms with Crippen LogP contribution in [0.15, 0.2) is 18.2 Å². The Kier molecular flexibility index (Phi) is 3.78. The fourth-order valence-electron chi connectivity index (χ4n) is 2.05. The van der Waals surface area contributed by atoms with Crippen molar-refractivity contribution < 1.29 is 18.4 Å². The molecule has 6 heteroatoms. The van der Waals surface area contributed by atoms with Crippen molar-refractivity contribution in [1.29, 1.82) is 0 Å². The molecule has 1 aliphatic heterocycles. The van der Waals surface area contributed by atoms with Gasteiger partial charge in [-0.1, -0.05) is 0 Å². The van der Waals surface area contributed by atoms with Crippen LogP contribution in [0, 0.1) is 17.6 Å². The summed E-state index contributed by atoms with van der Waals surface area (Å²) in [5.74, 6) is -2.10. The van der Waals surface area contributed by atoms with Gasteiger partial charge >= 0.3 is 0 Å². The van der Waals surface area contributed by atoms with Gasteiger partial charge in [-0.05, 0) is 25.1 Å². The number of rotatable bonds is 3. The summed E-state index contributed by atoms with van der Waals surface area (Å²) in [4.78, 5) is 22.9. The number of carbonyl (C=O) groups excluding carboxylic acids is 2. The number of benzene rings is 1. The van der Waals surface area contributed by atoms with Crippen LogP contribution in [-0.4, -0.2) is 18.4 Å². The van der Waals surface area contributed by atoms with Crippen LogP contribution in [-0.2, 0) is 9.59 Å². The Bertz CT molecular complexity index is 519. The molecule has 0 spiro atoms. The molecule has 1 saturated heterocycles. The first kappa shape index (κ1) is 13.5. The highest BCUT2D eigenvalue weighted by molar-refractivity contribution is 5.89. The molecule has 0 aromatic heterocycles. The van der Waals surface area contributed by atoms with Gasteiger partial charge in [0.05, 0.1) is 12.0 Å². The molecule has 4 nitrogen and oxygen atoms in total. The Balaban J connectivity index is 2.04. The Hall–Kier alpha value is -1.98. The zero-order valence-corrected chi connectivity index (χ0v) is 10.4. The first-order valence-electron chi connectivity index (χ1n) is 5.99. The van der Waals surface area contributed by atoms with Crippen LogP contribution in [0.5, 0.6) is 0 Å². The van der Waals surface area contributed by atoms with E-state index in [1.807, 2.05) is 0 Å². The standard InChI is InChI=1S/C13H14F2N2O2/c1-7(10-5-9(14)2-3-11(10)15)17-13(19)8-4-12(18)16-6-8/h2-3,5,7-8H,4,6H2,1H3,(H,16,18)(H,17,19). The number of carbonyl (C=O) groups is 2. The molecule has 1 aromatic rings. The molecule has 2 amide bonds. The summed E-state index contributed by atoms with van der Waals surface area (Å²) < 4.78 is 26.6. The summed E-state index contributed by atoms with van der Waals surface area (Å²) in [7, 11) is 0. The molecule has 0 aliphatic carbocycles. The average molecular weight is 268 g/mol. The van der Waals surface area contributed by atoms with E-state index in [1.165, 1.54) is 0 Å². The van der Waals surface area contributed by atoms with Gasteiger partial charge in [0.2, 0.25) is 11.8 Å². The van der Waals surface area contributed by atoms with E-state index in [4.69, 9.17) is 0 Å². The van der Waals surface area contributed by atoms with Gasteiger partial charge in [-0.15, -0.1) is 0 Å². The van der Waals surface area contributed by atoms with Crippen molar-refractivity contribution in [3.05, 3.63) is 35.4 Å². The maximum atomic E-state index is 13.5. The maximum Gasteiger partial charge on any atom is 0.225 e. The molecule has 2 atom stereocenters. The second-order valence-corrected chi connectivity index (χ2v) is 4.60. The minimum absolute atomic E-state index is 0.0885. The van der Waals surface area contributed by atoms with E-state index in [9.17, 15) is 18.4 Å². The Morgan fingerprint density at radius 3 is 2.84 bits per heavy atom. The Labute approximate surface area is 109 Å². The lowest BCUT2D eigenvalue weighted by molar-refractivity contribution is -0.127. The van der Waals surface area contributed by atoms with Crippen molar-refractivity contribution in [2.75, 3.05) is 6.54 Å². The van der Waals surface area contributed by atoms with E-state index in [0.717, 1.165) is 18.2 Å². The highest BCUT2D eigenvalue weighted by atomic mass is 19.1. The summed E-state index contributed by atoms with van der Waals surface area (Å²) >= 11 is 0. The van der Waals surface area contributed by atoms with E-state index >= 15 is 0 Å². The molecule has 0 saturated carbocycles. The van der Waals surface area contributed by atoms with Crippen molar-refractivity contribution in [2.24, 2.45) is 5.92 Å². The van der Waals surface area contributed by atoms with Crippen LogP contribution in [0.3, 0.4) is 0 Å². The van der Waals surface area contributed by atoms with Crippen LogP contribution in [0.1, 0.15) is 24.9 Å². The summed E-state index contributed by atoms with van der Waals surface area (Å²) in [6.07, 6.45) is 0.129. The van der Waals surface area contributed by atoms with Gasteiger partial charge in [-0.2, -0.15) is 0 Å². The lowest BCUT2D eigenvalue weighted by atomic mass is 10.0. The molecular weight excluding hydrogens is 254 g/mol. The number of hydrogen-bond acceptors (Lipinski definition) is 2. The minimum Gasteiger partial charge on any atom is -0.355 e. The predicted molar refractivity (Wildman–Crippen MR) is 64.0 cm³/mol. The van der Waals surface area contributed by atoms with E-state index in [0.29, 0.717) is 0 Å². The largest absolute Gasteiger partial charge is 0.355 e. The summed E-state index contributed by atoms with van der Waals surface area (Å²) in [5, 5.41) is 5.14. The summed E-state index contributed by atoms with van der Waals surface area (Å²) in [6.45, 7) is 1.85. The molecule has 0 radical (unpaired) electrons. The van der Waals surface area contributed by atoms with Gasteiger partial charge in [-0.3, -0.25) is 9.59 Å². The molecule has 102 valence electrons. The Morgan fingerprint density at radius 1 is 1.47 bits per heavy atom. The Morgan fingerprint density at radius 2 is 2.21 bits per heavy atom. The zero-order chi connectivity index (χ0) is 14.0. The van der Waals surface area contributed by atoms with Gasteiger partial charge in [-0.25, -0.2) is 8.78 Å². The molecular formula is C13H14F2N2O2. The van der Waals surface area contributed by atoms with Gasteiger partial charge in [0.25, 0.3) is 0 Å². The topological polar surface area (TPSA) is 58.2 Å². The van der Waals surface area contributed by atoms with E-state index in [-0.39, 0.29) is 30.3 Å². The van der Waals surface area contributed by atoms with Gasteiger partial charge in [0.1, 0.15) is 11.6 Å². The third kappa shape index (κ3) is 3.07. The van der Waals surface area contributed by atoms with Gasteiger partial charge in [0, 0.05) is 18.5 Å². The van der Waals surface area contributed by atoms with Crippen molar-refractivity contribution in [3.8, 4) is 0 Å². The van der Waals surface area contributed by atoms with E-state index in [2.05, 4.69) is 10.6 Å². The molecule has 1 fully saturated rings. The smallest absolute Gasteiger partial charge is 0.225 e. The third-order valence-electron chi connectivity index (χ3n) is 3.13. The van der Waals surface area contributed by atoms with Crippen LogP contribution in [0.25, 0.3) is 0 Å². The lowest BCUT2D eigenvalue weighted by Crippen LogP contribution is -2.34. The van der Waals surface area contributed by atoms with Crippen LogP contribution in [0.4, 0.5) is 8.78 Å². The SMILES string of the molecule is CC(NC(=O)C1CNC(=O)C1)c1cc(F)ccc1F. The monoisotopic (exact) mass is 268 g/mol. The number of hydrogen-bond donors (Lipinski definition) is 2. The van der Waals surface area contributed by atoms with Gasteiger partial charge < -0.3 is 10.6 Å². The first-order valence-corrected chi connectivity index (χ1v) is 5.99. The fourth-order valence-corrected chi connectivity index (χ4v) is 2.05. The molecule has 19 heavy (non-hydrogen) atoms. The van der Waals surface area contributed by atoms with E-state index < -0.39 is 23.6 Å². The molecule has 2 unspecified atom stereocenters. The molecule has 2 N–H and O–H groups in total. The number of amides is 2. The van der Waals surface area contributed by atoms with Crippen LogP contribution in [0.2, 0.25) is 0 Å². The predicted octanol–water partition coefficient (Wildman–Crippen LogP) is 1.28. The average Bonchev–Trinajstić information content (AvgIpc) is 2.79. The second-order valence-electron chi connectivity index (χ2n) is 4.60. The highest BCUT2D eigenvalue weighted by Crippen LogP contribution is 2.19.